The Bertz CT molecular complexity index is 4600. The van der Waals surface area contributed by atoms with Gasteiger partial charge in [-0.25, -0.2) is 0 Å². The van der Waals surface area contributed by atoms with Crippen molar-refractivity contribution in [2.75, 3.05) is 9.80 Å². The maximum atomic E-state index is 2.45. The summed E-state index contributed by atoms with van der Waals surface area (Å²) in [4.78, 5) is 4.88. The summed E-state index contributed by atoms with van der Waals surface area (Å²) in [5.74, 6) is 0. The molecule has 0 saturated carbocycles. The van der Waals surface area contributed by atoms with Gasteiger partial charge in [0, 0.05) is 55.8 Å². The summed E-state index contributed by atoms with van der Waals surface area (Å²) in [5, 5.41) is 2.47. The maximum absolute atomic E-state index is 2.45. The normalized spacial score (nSPS) is 15.3. The van der Waals surface area contributed by atoms with Crippen molar-refractivity contribution in [2.45, 2.75) is 77.0 Å². The largest absolute Gasteiger partial charge is 0.310 e. The number of benzene rings is 12. The van der Waals surface area contributed by atoms with Gasteiger partial charge in [0.25, 0.3) is 0 Å². The zero-order chi connectivity index (χ0) is 59.8. The van der Waals surface area contributed by atoms with E-state index in [0.717, 1.165) is 22.7 Å². The van der Waals surface area contributed by atoms with Crippen LogP contribution >= 0.6 is 0 Å². The van der Waals surface area contributed by atoms with E-state index in [4.69, 9.17) is 0 Å². The predicted molar refractivity (Wildman–Crippen MR) is 374 cm³/mol. The van der Waals surface area contributed by atoms with E-state index < -0.39 is 0 Å². The Morgan fingerprint density at radius 1 is 0.216 bits per heavy atom. The average molecular weight is 1130 g/mol. The van der Waals surface area contributed by atoms with Crippen LogP contribution in [0.3, 0.4) is 0 Å². The van der Waals surface area contributed by atoms with Gasteiger partial charge in [-0.15, -0.1) is 0 Å². The molecule has 0 atom stereocenters. The van der Waals surface area contributed by atoms with Gasteiger partial charge in [-0.3, -0.25) is 0 Å². The van der Waals surface area contributed by atoms with E-state index in [1.54, 1.807) is 0 Å². The third-order valence-corrected chi connectivity index (χ3v) is 20.5. The van der Waals surface area contributed by atoms with E-state index in [1.807, 2.05) is 0 Å². The van der Waals surface area contributed by atoms with Gasteiger partial charge >= 0.3 is 0 Å². The van der Waals surface area contributed by atoms with E-state index >= 15 is 0 Å². The first kappa shape index (κ1) is 53.5. The number of nitrogens with zero attached hydrogens (tertiary/aromatic N) is 2. The molecule has 0 N–H and O–H groups in total. The third kappa shape index (κ3) is 8.22. The Hall–Kier alpha value is -10.0. The lowest BCUT2D eigenvalue weighted by Gasteiger charge is -2.29. The molecule has 0 unspecified atom stereocenters. The van der Waals surface area contributed by atoms with Gasteiger partial charge in [-0.2, -0.15) is 0 Å². The number of fused-ring (bicyclic) bond motifs is 13. The Balaban J connectivity index is 0.662. The second-order valence-electron chi connectivity index (χ2n) is 26.9. The van der Waals surface area contributed by atoms with Gasteiger partial charge in [-0.1, -0.05) is 262 Å². The lowest BCUT2D eigenvalue weighted by molar-refractivity contribution is 0.659. The molecule has 0 saturated heterocycles. The van der Waals surface area contributed by atoms with Gasteiger partial charge in [-0.05, 0) is 195 Å². The van der Waals surface area contributed by atoms with Crippen LogP contribution in [0.1, 0.15) is 122 Å². The molecule has 0 heterocycles. The number of hydrogen-bond donors (Lipinski definition) is 0. The van der Waals surface area contributed by atoms with Gasteiger partial charge < -0.3 is 9.80 Å². The molecule has 424 valence electrons. The molecule has 0 bridgehead atoms. The summed E-state index contributed by atoms with van der Waals surface area (Å²) in [5.41, 5.74) is 32.7. The van der Waals surface area contributed by atoms with Crippen molar-refractivity contribution >= 4 is 69.2 Å². The van der Waals surface area contributed by atoms with Crippen LogP contribution in [0.5, 0.6) is 0 Å². The molecule has 0 aliphatic heterocycles. The molecule has 0 spiro atoms. The smallest absolute Gasteiger partial charge is 0.0465 e. The molecule has 0 amide bonds. The summed E-state index contributed by atoms with van der Waals surface area (Å²) in [6.07, 6.45) is 9.20. The van der Waals surface area contributed by atoms with E-state index in [9.17, 15) is 0 Å². The van der Waals surface area contributed by atoms with Crippen molar-refractivity contribution in [2.24, 2.45) is 0 Å². The van der Waals surface area contributed by atoms with Gasteiger partial charge in [0.05, 0.1) is 0 Å². The Labute approximate surface area is 519 Å². The van der Waals surface area contributed by atoms with Crippen molar-refractivity contribution in [3.05, 3.63) is 322 Å². The van der Waals surface area contributed by atoms with Crippen molar-refractivity contribution in [1.29, 1.82) is 0 Å². The topological polar surface area (TPSA) is 6.48 Å². The summed E-state index contributed by atoms with van der Waals surface area (Å²) in [6.45, 7) is 19.0. The molecular weight excluding hydrogens is 1060 g/mol. The van der Waals surface area contributed by atoms with Crippen LogP contribution in [-0.2, 0) is 21.7 Å². The summed E-state index contributed by atoms with van der Waals surface area (Å²) >= 11 is 0. The number of hydrogen-bond acceptors (Lipinski definition) is 2. The van der Waals surface area contributed by atoms with Crippen molar-refractivity contribution < 1.29 is 0 Å². The van der Waals surface area contributed by atoms with E-state index in [2.05, 4.69) is 344 Å². The summed E-state index contributed by atoms with van der Waals surface area (Å²) in [6, 6.07) is 95.4. The number of anilines is 6. The first-order chi connectivity index (χ1) is 42.6. The van der Waals surface area contributed by atoms with Gasteiger partial charge in [0.2, 0.25) is 0 Å². The van der Waals surface area contributed by atoms with Crippen molar-refractivity contribution in [3.8, 4) is 44.5 Å². The standard InChI is InChI=1S/C86H70N2/c1-83(2)75-29-19-17-27-67(75)71-45-39-61(51-79(71)83)87(59-21-11-9-12-22-59)63-41-47-73-69-43-33-55(49-77(69)85(5,6)81(73)53-63)31-35-57-37-38-58(66-26-16-15-25-65(57)66)36-32-56-34-44-70-74-48-42-64(54-82(74)86(7,8)78(70)50-56)88(60-23-13-10-14-24-60)62-40-46-72-68-28-18-20-30-76(68)84(3,4)80(72)52-62/h9-54H,1-8H3. The molecule has 4 aliphatic rings. The second-order valence-corrected chi connectivity index (χ2v) is 26.9. The van der Waals surface area contributed by atoms with Crippen LogP contribution in [-0.4, -0.2) is 0 Å². The lowest BCUT2D eigenvalue weighted by Crippen LogP contribution is -2.18. The fourth-order valence-electron chi connectivity index (χ4n) is 15.7. The van der Waals surface area contributed by atoms with Crippen molar-refractivity contribution in [3.63, 3.8) is 0 Å². The molecule has 2 nitrogen and oxygen atoms in total. The summed E-state index contributed by atoms with van der Waals surface area (Å²) in [7, 11) is 0. The van der Waals surface area contributed by atoms with Crippen LogP contribution in [0, 0.1) is 0 Å². The highest BCUT2D eigenvalue weighted by Crippen LogP contribution is 2.56. The van der Waals surface area contributed by atoms with Gasteiger partial charge in [0.15, 0.2) is 0 Å². The van der Waals surface area contributed by atoms with Gasteiger partial charge in [0.1, 0.15) is 0 Å². The Morgan fingerprint density at radius 2 is 0.489 bits per heavy atom. The third-order valence-electron chi connectivity index (χ3n) is 20.5. The average Bonchev–Trinajstić information content (AvgIpc) is 1.72. The second kappa shape index (κ2) is 19.8. The monoisotopic (exact) mass is 1130 g/mol. The van der Waals surface area contributed by atoms with E-state index in [1.165, 1.54) is 133 Å². The predicted octanol–water partition coefficient (Wildman–Crippen LogP) is 23.3. The molecule has 88 heavy (non-hydrogen) atoms. The van der Waals surface area contributed by atoms with Crippen LogP contribution in [0.25, 0.3) is 79.6 Å². The fraction of sp³-hybridized carbons (Fsp3) is 0.140. The Morgan fingerprint density at radius 3 is 0.841 bits per heavy atom. The van der Waals surface area contributed by atoms with E-state index in [0.29, 0.717) is 0 Å². The van der Waals surface area contributed by atoms with Crippen LogP contribution < -0.4 is 9.80 Å². The molecule has 2 heteroatoms. The highest BCUT2D eigenvalue weighted by Gasteiger charge is 2.40. The van der Waals surface area contributed by atoms with Crippen molar-refractivity contribution in [1.82, 2.24) is 0 Å². The quantitative estimate of drug-likeness (QED) is 0.126. The first-order valence-corrected chi connectivity index (χ1v) is 31.3. The number of para-hydroxylation sites is 2. The highest BCUT2D eigenvalue weighted by atomic mass is 15.1. The summed E-state index contributed by atoms with van der Waals surface area (Å²) < 4.78 is 0. The highest BCUT2D eigenvalue weighted by molar-refractivity contribution is 6.00. The fourth-order valence-corrected chi connectivity index (χ4v) is 15.7. The molecule has 0 radical (unpaired) electrons. The maximum Gasteiger partial charge on any atom is 0.0465 e. The molecule has 16 rings (SSSR count). The SMILES string of the molecule is CC1(C)c2ccccc2-c2ccc(N(c3ccccc3)c3ccc4c(c3)C(C)(C)c3cc(C=Cc5ccc(C=Cc6ccc7c(c6)C(C)(C)c6cc(N(c8ccccc8)c8ccc9c(c8)C(C)(C)c8ccccc8-9)ccc6-7)c6ccccc56)ccc3-4)cc21. The lowest BCUT2D eigenvalue weighted by atomic mass is 9.81. The molecule has 12 aromatic carbocycles. The minimum absolute atomic E-state index is 0.0952. The Kier molecular flexibility index (Phi) is 12.0. The zero-order valence-corrected chi connectivity index (χ0v) is 51.5. The number of rotatable bonds is 10. The molecule has 0 aromatic heterocycles. The molecule has 12 aromatic rings. The minimum Gasteiger partial charge on any atom is -0.310 e. The zero-order valence-electron chi connectivity index (χ0n) is 51.5. The molecular formula is C86H70N2. The van der Waals surface area contributed by atoms with Crippen LogP contribution in [0.4, 0.5) is 34.1 Å². The van der Waals surface area contributed by atoms with E-state index in [-0.39, 0.29) is 21.7 Å². The van der Waals surface area contributed by atoms with Crippen LogP contribution in [0.15, 0.2) is 255 Å². The molecule has 4 aliphatic carbocycles. The van der Waals surface area contributed by atoms with Crippen LogP contribution in [0.2, 0.25) is 0 Å². The minimum atomic E-state index is -0.211. The first-order valence-electron chi connectivity index (χ1n) is 31.3. The molecule has 0 fully saturated rings.